The minimum atomic E-state index is -0.273. The van der Waals surface area contributed by atoms with Crippen LogP contribution < -0.4 is 0 Å². The van der Waals surface area contributed by atoms with Crippen LogP contribution in [0.2, 0.25) is 0 Å². The van der Waals surface area contributed by atoms with Gasteiger partial charge in [-0.1, -0.05) is 75.3 Å². The number of halogens is 2. The van der Waals surface area contributed by atoms with Crippen molar-refractivity contribution in [2.24, 2.45) is 12.2 Å². The summed E-state index contributed by atoms with van der Waals surface area (Å²) in [6.45, 7) is 0.257. The number of aryl methyl sites for hydroxylation is 1. The SMILES string of the molecule is Cn1nc(-c2ccccc2)c(/C=N\OCc2ccc(F)cc2)c1Sc1ccc(Br)cc1. The molecule has 0 fully saturated rings. The van der Waals surface area contributed by atoms with E-state index < -0.39 is 0 Å². The standard InChI is InChI=1S/C24H19BrFN3OS/c1-29-24(31-21-13-9-19(25)10-14-21)22(23(28-29)18-5-3-2-4-6-18)15-27-30-16-17-7-11-20(26)12-8-17/h2-15H,16H2,1H3/b27-15-. The van der Waals surface area contributed by atoms with Crippen LogP contribution >= 0.6 is 27.7 Å². The van der Waals surface area contributed by atoms with E-state index in [2.05, 4.69) is 33.2 Å². The third kappa shape index (κ3) is 5.42. The van der Waals surface area contributed by atoms with Crippen molar-refractivity contribution in [3.05, 3.63) is 100 Å². The first-order valence-corrected chi connectivity index (χ1v) is 11.2. The van der Waals surface area contributed by atoms with Gasteiger partial charge in [0.1, 0.15) is 23.1 Å². The number of benzene rings is 3. The molecule has 0 aliphatic heterocycles. The van der Waals surface area contributed by atoms with Gasteiger partial charge in [-0.25, -0.2) is 4.39 Å². The average molecular weight is 496 g/mol. The van der Waals surface area contributed by atoms with Gasteiger partial charge >= 0.3 is 0 Å². The number of hydrogen-bond acceptors (Lipinski definition) is 4. The summed E-state index contributed by atoms with van der Waals surface area (Å²) in [7, 11) is 1.92. The van der Waals surface area contributed by atoms with Crippen molar-refractivity contribution in [3.63, 3.8) is 0 Å². The van der Waals surface area contributed by atoms with Crippen molar-refractivity contribution in [1.82, 2.24) is 9.78 Å². The molecule has 31 heavy (non-hydrogen) atoms. The molecule has 156 valence electrons. The highest BCUT2D eigenvalue weighted by Gasteiger charge is 2.17. The average Bonchev–Trinajstić information content (AvgIpc) is 3.10. The Labute approximate surface area is 192 Å². The first-order chi connectivity index (χ1) is 15.1. The molecular formula is C24H19BrFN3OS. The Balaban J connectivity index is 1.62. The quantitative estimate of drug-likeness (QED) is 0.211. The van der Waals surface area contributed by atoms with E-state index in [9.17, 15) is 4.39 Å². The molecule has 4 aromatic rings. The van der Waals surface area contributed by atoms with Crippen LogP contribution in [-0.4, -0.2) is 16.0 Å². The number of nitrogens with zero attached hydrogens (tertiary/aromatic N) is 3. The molecule has 4 rings (SSSR count). The van der Waals surface area contributed by atoms with Crippen molar-refractivity contribution in [1.29, 1.82) is 0 Å². The molecule has 1 heterocycles. The number of oxime groups is 1. The van der Waals surface area contributed by atoms with Crippen LogP contribution in [0, 0.1) is 5.82 Å². The van der Waals surface area contributed by atoms with Gasteiger partial charge in [-0.15, -0.1) is 0 Å². The summed E-state index contributed by atoms with van der Waals surface area (Å²) in [4.78, 5) is 6.57. The second-order valence-corrected chi connectivity index (χ2v) is 8.73. The Hall–Kier alpha value is -2.90. The van der Waals surface area contributed by atoms with Gasteiger partial charge in [-0.05, 0) is 42.0 Å². The molecule has 0 amide bonds. The lowest BCUT2D eigenvalue weighted by Crippen LogP contribution is -1.94. The summed E-state index contributed by atoms with van der Waals surface area (Å²) in [6, 6.07) is 24.3. The fraction of sp³-hybridized carbons (Fsp3) is 0.0833. The van der Waals surface area contributed by atoms with E-state index >= 15 is 0 Å². The third-order valence-electron chi connectivity index (χ3n) is 4.51. The third-order valence-corrected chi connectivity index (χ3v) is 6.22. The molecule has 0 N–H and O–H groups in total. The van der Waals surface area contributed by atoms with E-state index in [1.165, 1.54) is 12.1 Å². The number of aromatic nitrogens is 2. The van der Waals surface area contributed by atoms with Gasteiger partial charge in [0, 0.05) is 22.0 Å². The van der Waals surface area contributed by atoms with Crippen LogP contribution in [0.5, 0.6) is 0 Å². The van der Waals surface area contributed by atoms with Gasteiger partial charge in [0.15, 0.2) is 0 Å². The molecule has 0 aliphatic carbocycles. The Morgan fingerprint density at radius 2 is 1.74 bits per heavy atom. The van der Waals surface area contributed by atoms with E-state index in [0.717, 1.165) is 36.8 Å². The maximum absolute atomic E-state index is 13.1. The first kappa shape index (κ1) is 21.3. The van der Waals surface area contributed by atoms with E-state index in [-0.39, 0.29) is 12.4 Å². The molecule has 0 saturated carbocycles. The van der Waals surface area contributed by atoms with Gasteiger partial charge in [0.25, 0.3) is 0 Å². The molecule has 7 heteroatoms. The molecule has 0 aliphatic rings. The van der Waals surface area contributed by atoms with E-state index in [1.807, 2.05) is 54.2 Å². The summed E-state index contributed by atoms with van der Waals surface area (Å²) >= 11 is 5.09. The van der Waals surface area contributed by atoms with Gasteiger partial charge < -0.3 is 4.84 Å². The highest BCUT2D eigenvalue weighted by atomic mass is 79.9. The molecule has 0 atom stereocenters. The lowest BCUT2D eigenvalue weighted by Gasteiger charge is -2.05. The highest BCUT2D eigenvalue weighted by molar-refractivity contribution is 9.10. The highest BCUT2D eigenvalue weighted by Crippen LogP contribution is 2.35. The molecule has 0 unspecified atom stereocenters. The van der Waals surface area contributed by atoms with Crippen LogP contribution in [0.25, 0.3) is 11.3 Å². The zero-order valence-electron chi connectivity index (χ0n) is 16.7. The summed E-state index contributed by atoms with van der Waals surface area (Å²) in [5.41, 5.74) is 3.55. The fourth-order valence-corrected chi connectivity index (χ4v) is 4.16. The minimum Gasteiger partial charge on any atom is -0.391 e. The van der Waals surface area contributed by atoms with Crippen LogP contribution in [0.1, 0.15) is 11.1 Å². The smallest absolute Gasteiger partial charge is 0.142 e. The van der Waals surface area contributed by atoms with E-state index in [0.29, 0.717) is 0 Å². The molecule has 1 aromatic heterocycles. The number of hydrogen-bond donors (Lipinski definition) is 0. The molecule has 3 aromatic carbocycles. The van der Waals surface area contributed by atoms with Crippen LogP contribution in [-0.2, 0) is 18.5 Å². The normalized spacial score (nSPS) is 11.2. The largest absolute Gasteiger partial charge is 0.391 e. The zero-order valence-corrected chi connectivity index (χ0v) is 19.1. The Bertz CT molecular complexity index is 1180. The minimum absolute atomic E-state index is 0.257. The van der Waals surface area contributed by atoms with Crippen molar-refractivity contribution in [2.45, 2.75) is 16.5 Å². The maximum Gasteiger partial charge on any atom is 0.142 e. The van der Waals surface area contributed by atoms with Crippen molar-refractivity contribution >= 4 is 33.9 Å². The second-order valence-electron chi connectivity index (χ2n) is 6.75. The van der Waals surface area contributed by atoms with Crippen molar-refractivity contribution < 1.29 is 9.23 Å². The van der Waals surface area contributed by atoms with E-state index in [1.54, 1.807) is 30.1 Å². The van der Waals surface area contributed by atoms with Gasteiger partial charge in [0.05, 0.1) is 11.8 Å². The Kier molecular flexibility index (Phi) is 6.84. The lowest BCUT2D eigenvalue weighted by molar-refractivity contribution is 0.132. The van der Waals surface area contributed by atoms with Crippen LogP contribution in [0.3, 0.4) is 0 Å². The summed E-state index contributed by atoms with van der Waals surface area (Å²) in [5, 5.41) is 9.88. The van der Waals surface area contributed by atoms with Crippen LogP contribution in [0.4, 0.5) is 4.39 Å². The molecular weight excluding hydrogens is 477 g/mol. The topological polar surface area (TPSA) is 39.4 Å². The summed E-state index contributed by atoms with van der Waals surface area (Å²) in [6.07, 6.45) is 1.69. The molecule has 4 nitrogen and oxygen atoms in total. The van der Waals surface area contributed by atoms with E-state index in [4.69, 9.17) is 9.94 Å². The predicted octanol–water partition coefficient (Wildman–Crippen LogP) is 6.69. The van der Waals surface area contributed by atoms with Crippen molar-refractivity contribution in [3.8, 4) is 11.3 Å². The van der Waals surface area contributed by atoms with Crippen LogP contribution in [0.15, 0.2) is 98.4 Å². The van der Waals surface area contributed by atoms with Gasteiger partial charge in [0.2, 0.25) is 0 Å². The Morgan fingerprint density at radius 1 is 1.03 bits per heavy atom. The molecule has 0 saturated heterocycles. The summed E-state index contributed by atoms with van der Waals surface area (Å²) in [5.74, 6) is -0.273. The second kappa shape index (κ2) is 9.94. The maximum atomic E-state index is 13.1. The van der Waals surface area contributed by atoms with Gasteiger partial charge in [-0.3, -0.25) is 4.68 Å². The molecule has 0 bridgehead atoms. The summed E-state index contributed by atoms with van der Waals surface area (Å²) < 4.78 is 16.0. The molecule has 0 radical (unpaired) electrons. The predicted molar refractivity (Wildman–Crippen MR) is 126 cm³/mol. The Morgan fingerprint density at radius 3 is 2.45 bits per heavy atom. The lowest BCUT2D eigenvalue weighted by atomic mass is 10.1. The van der Waals surface area contributed by atoms with Crippen molar-refractivity contribution in [2.75, 3.05) is 0 Å². The first-order valence-electron chi connectivity index (χ1n) is 9.56. The monoisotopic (exact) mass is 495 g/mol. The fourth-order valence-electron chi connectivity index (χ4n) is 2.97. The molecule has 0 spiro atoms. The number of rotatable bonds is 7. The van der Waals surface area contributed by atoms with Gasteiger partial charge in [-0.2, -0.15) is 5.10 Å². The zero-order chi connectivity index (χ0) is 21.6.